The first kappa shape index (κ1) is 27.9. The summed E-state index contributed by atoms with van der Waals surface area (Å²) in [6.07, 6.45) is 2.11. The lowest BCUT2D eigenvalue weighted by Gasteiger charge is -2.34. The van der Waals surface area contributed by atoms with Gasteiger partial charge >= 0.3 is 0 Å². The predicted octanol–water partition coefficient (Wildman–Crippen LogP) is 5.33. The van der Waals surface area contributed by atoms with Crippen LogP contribution in [0.4, 0.5) is 4.39 Å². The number of hydrogen-bond donors (Lipinski definition) is 0. The monoisotopic (exact) mass is 586 g/mol. The average Bonchev–Trinajstić information content (AvgIpc) is 3.39. The summed E-state index contributed by atoms with van der Waals surface area (Å²) < 4.78 is 54.8. The molecule has 10 heteroatoms. The Labute approximate surface area is 244 Å². The van der Waals surface area contributed by atoms with Gasteiger partial charge in [0.15, 0.2) is 0 Å². The summed E-state index contributed by atoms with van der Waals surface area (Å²) in [7, 11) is -0.871. The second-order valence-electron chi connectivity index (χ2n) is 10.1. The van der Waals surface area contributed by atoms with Crippen molar-refractivity contribution in [3.63, 3.8) is 0 Å². The molecule has 3 heterocycles. The zero-order valence-electron chi connectivity index (χ0n) is 23.4. The van der Waals surface area contributed by atoms with E-state index in [0.29, 0.717) is 32.7 Å². The third-order valence-electron chi connectivity index (χ3n) is 7.62. The maximum Gasteiger partial charge on any atom is 0.246 e. The first-order valence-corrected chi connectivity index (χ1v) is 15.1. The molecule has 6 rings (SSSR count). The molecule has 0 aliphatic carbocycles. The van der Waals surface area contributed by atoms with Gasteiger partial charge in [-0.25, -0.2) is 17.8 Å². The van der Waals surface area contributed by atoms with E-state index in [0.717, 1.165) is 51.6 Å². The van der Waals surface area contributed by atoms with Gasteiger partial charge in [-0.05, 0) is 47.5 Å². The Morgan fingerprint density at radius 3 is 2.31 bits per heavy atom. The fourth-order valence-corrected chi connectivity index (χ4v) is 6.94. The molecule has 0 spiro atoms. The molecule has 1 fully saturated rings. The molecule has 8 nitrogen and oxygen atoms in total. The highest BCUT2D eigenvalue weighted by Gasteiger charge is 2.31. The van der Waals surface area contributed by atoms with Crippen molar-refractivity contribution >= 4 is 15.7 Å². The topological polar surface area (TPSA) is 76.4 Å². The van der Waals surface area contributed by atoms with Crippen LogP contribution in [0.15, 0.2) is 96.0 Å². The minimum Gasteiger partial charge on any atom is -0.497 e. The van der Waals surface area contributed by atoms with Crippen molar-refractivity contribution in [2.75, 3.05) is 40.4 Å². The van der Waals surface area contributed by atoms with Gasteiger partial charge in [0.25, 0.3) is 0 Å². The lowest BCUT2D eigenvalue weighted by atomic mass is 10.1. The Morgan fingerprint density at radius 1 is 0.810 bits per heavy atom. The van der Waals surface area contributed by atoms with Crippen LogP contribution in [0, 0.1) is 5.82 Å². The largest absolute Gasteiger partial charge is 0.497 e. The number of halogens is 1. The molecular formula is C32H31FN4O4S. The molecular weight excluding hydrogens is 555 g/mol. The van der Waals surface area contributed by atoms with Crippen LogP contribution in [-0.2, 0) is 16.6 Å². The van der Waals surface area contributed by atoms with Gasteiger partial charge in [0, 0.05) is 50.6 Å². The van der Waals surface area contributed by atoms with E-state index in [4.69, 9.17) is 14.5 Å². The molecule has 3 aromatic carbocycles. The average molecular weight is 587 g/mol. The van der Waals surface area contributed by atoms with Gasteiger partial charge in [-0.2, -0.15) is 4.31 Å². The molecule has 1 aliphatic rings. The van der Waals surface area contributed by atoms with E-state index in [2.05, 4.69) is 33.7 Å². The smallest absolute Gasteiger partial charge is 0.246 e. The molecule has 2 aromatic heterocycles. The van der Waals surface area contributed by atoms with Crippen LogP contribution in [0.1, 0.15) is 5.69 Å². The number of rotatable bonds is 8. The number of aromatic nitrogens is 2. The van der Waals surface area contributed by atoms with Crippen molar-refractivity contribution in [3.8, 4) is 33.9 Å². The summed E-state index contributed by atoms with van der Waals surface area (Å²) in [4.78, 5) is 7.21. The van der Waals surface area contributed by atoms with Gasteiger partial charge in [-0.15, -0.1) is 0 Å². The second-order valence-corrected chi connectivity index (χ2v) is 12.0. The van der Waals surface area contributed by atoms with Crippen LogP contribution in [0.2, 0.25) is 0 Å². The number of pyridine rings is 1. The van der Waals surface area contributed by atoms with Gasteiger partial charge in [0.2, 0.25) is 10.0 Å². The molecule has 0 bridgehead atoms. The number of fused-ring (bicyclic) bond motifs is 1. The van der Waals surface area contributed by atoms with Gasteiger partial charge in [0.1, 0.15) is 27.9 Å². The highest BCUT2D eigenvalue weighted by atomic mass is 32.2. The minimum absolute atomic E-state index is 0.000288. The summed E-state index contributed by atoms with van der Waals surface area (Å²) in [6, 6.07) is 25.6. The summed E-state index contributed by atoms with van der Waals surface area (Å²) in [5.74, 6) is 0.196. The van der Waals surface area contributed by atoms with E-state index in [1.165, 1.54) is 17.5 Å². The van der Waals surface area contributed by atoms with Crippen LogP contribution < -0.4 is 9.47 Å². The fraction of sp³-hybridized carbons (Fsp3) is 0.219. The van der Waals surface area contributed by atoms with Crippen LogP contribution in [-0.4, -0.2) is 67.4 Å². The Kier molecular flexibility index (Phi) is 7.68. The number of nitrogens with zero attached hydrogens (tertiary/aromatic N) is 4. The second kappa shape index (κ2) is 11.6. The predicted molar refractivity (Wildman–Crippen MR) is 160 cm³/mol. The molecule has 0 atom stereocenters. The molecule has 0 saturated carbocycles. The van der Waals surface area contributed by atoms with Crippen LogP contribution >= 0.6 is 0 Å². The molecule has 0 amide bonds. The highest BCUT2D eigenvalue weighted by molar-refractivity contribution is 7.89. The SMILES string of the molecule is COc1cccc(-c2nc3ccc(-c4ccccc4)cn3c2CN2CCN(S(=O)(=O)c3ccc(F)cc3OC)CC2)c1. The van der Waals surface area contributed by atoms with E-state index in [1.807, 2.05) is 48.5 Å². The van der Waals surface area contributed by atoms with Crippen molar-refractivity contribution in [2.45, 2.75) is 11.4 Å². The molecule has 1 saturated heterocycles. The standard InChI is InChI=1S/C32H31FN4O4S/c1-40-27-10-6-9-24(19-27)32-28(37-21-25(11-14-31(37)34-32)23-7-4-3-5-8-23)22-35-15-17-36(18-16-35)42(38,39)30-13-12-26(33)20-29(30)41-2/h3-14,19-21H,15-18,22H2,1-2H3. The summed E-state index contributed by atoms with van der Waals surface area (Å²) in [5, 5.41) is 0. The lowest BCUT2D eigenvalue weighted by molar-refractivity contribution is 0.179. The normalized spacial score (nSPS) is 14.7. The van der Waals surface area contributed by atoms with Gasteiger partial charge < -0.3 is 13.9 Å². The number of benzene rings is 3. The number of piperazine rings is 1. The van der Waals surface area contributed by atoms with Crippen molar-refractivity contribution in [1.29, 1.82) is 0 Å². The first-order chi connectivity index (χ1) is 20.4. The maximum absolute atomic E-state index is 13.7. The summed E-state index contributed by atoms with van der Waals surface area (Å²) in [5.41, 5.74) is 5.81. The van der Waals surface area contributed by atoms with Crippen molar-refractivity contribution < 1.29 is 22.3 Å². The Morgan fingerprint density at radius 2 is 1.57 bits per heavy atom. The highest BCUT2D eigenvalue weighted by Crippen LogP contribution is 2.32. The number of hydrogen-bond acceptors (Lipinski definition) is 6. The number of ether oxygens (including phenoxy) is 2. The molecule has 5 aromatic rings. The van der Waals surface area contributed by atoms with Crippen molar-refractivity contribution in [2.24, 2.45) is 0 Å². The zero-order valence-corrected chi connectivity index (χ0v) is 24.2. The molecule has 0 radical (unpaired) electrons. The third kappa shape index (κ3) is 5.36. The summed E-state index contributed by atoms with van der Waals surface area (Å²) in [6.45, 7) is 2.20. The zero-order chi connectivity index (χ0) is 29.3. The molecule has 0 unspecified atom stereocenters. The number of sulfonamides is 1. The fourth-order valence-electron chi connectivity index (χ4n) is 5.38. The van der Waals surface area contributed by atoms with Crippen LogP contribution in [0.25, 0.3) is 28.0 Å². The Bertz CT molecular complexity index is 1830. The van der Waals surface area contributed by atoms with E-state index in [-0.39, 0.29) is 10.6 Å². The van der Waals surface area contributed by atoms with E-state index in [9.17, 15) is 12.8 Å². The molecule has 0 N–H and O–H groups in total. The van der Waals surface area contributed by atoms with Crippen molar-refractivity contribution in [3.05, 3.63) is 103 Å². The van der Waals surface area contributed by atoms with Gasteiger partial charge in [0.05, 0.1) is 25.6 Å². The van der Waals surface area contributed by atoms with Gasteiger partial charge in [-0.1, -0.05) is 42.5 Å². The Hall–Kier alpha value is -4.25. The van der Waals surface area contributed by atoms with E-state index in [1.54, 1.807) is 7.11 Å². The van der Waals surface area contributed by atoms with Crippen LogP contribution in [0.5, 0.6) is 11.5 Å². The maximum atomic E-state index is 13.7. The quantitative estimate of drug-likeness (QED) is 0.245. The van der Waals surface area contributed by atoms with Crippen LogP contribution in [0.3, 0.4) is 0 Å². The molecule has 216 valence electrons. The number of methoxy groups -OCH3 is 2. The first-order valence-electron chi connectivity index (χ1n) is 13.6. The number of imidazole rings is 1. The van der Waals surface area contributed by atoms with Crippen molar-refractivity contribution in [1.82, 2.24) is 18.6 Å². The lowest BCUT2D eigenvalue weighted by Crippen LogP contribution is -2.48. The minimum atomic E-state index is -3.85. The molecule has 42 heavy (non-hydrogen) atoms. The van der Waals surface area contributed by atoms with E-state index < -0.39 is 15.8 Å². The van der Waals surface area contributed by atoms with Gasteiger partial charge in [-0.3, -0.25) is 4.90 Å². The molecule has 1 aliphatic heterocycles. The third-order valence-corrected chi connectivity index (χ3v) is 9.55. The van der Waals surface area contributed by atoms with E-state index >= 15 is 0 Å². The summed E-state index contributed by atoms with van der Waals surface area (Å²) >= 11 is 0. The Balaban J connectivity index is 1.31.